The van der Waals surface area contributed by atoms with E-state index < -0.39 is 10.0 Å². The lowest BCUT2D eigenvalue weighted by Crippen LogP contribution is -2.50. The minimum atomic E-state index is -3.49. The fourth-order valence-electron chi connectivity index (χ4n) is 2.76. The molecule has 136 valence electrons. The van der Waals surface area contributed by atoms with Crippen LogP contribution in [0, 0.1) is 3.57 Å². The summed E-state index contributed by atoms with van der Waals surface area (Å²) in [5.41, 5.74) is 1.47. The average molecular weight is 482 g/mol. The van der Waals surface area contributed by atoms with E-state index in [4.69, 9.17) is 0 Å². The van der Waals surface area contributed by atoms with Gasteiger partial charge in [-0.2, -0.15) is 4.31 Å². The minimum absolute atomic E-state index is 0.0552. The Kier molecular flexibility index (Phi) is 6.10. The predicted molar refractivity (Wildman–Crippen MR) is 111 cm³/mol. The summed E-state index contributed by atoms with van der Waals surface area (Å²) in [6, 6.07) is 16.7. The molecule has 0 aliphatic carbocycles. The Balaban J connectivity index is 1.62. The zero-order chi connectivity index (χ0) is 18.6. The normalized spacial score (nSPS) is 16.1. The van der Waals surface area contributed by atoms with E-state index in [1.807, 2.05) is 48.5 Å². The van der Waals surface area contributed by atoms with Gasteiger partial charge in [0.05, 0.1) is 0 Å². The molecule has 1 aliphatic rings. The maximum atomic E-state index is 12.6. The highest BCUT2D eigenvalue weighted by Crippen LogP contribution is 2.15. The third-order valence-electron chi connectivity index (χ3n) is 4.19. The molecule has 0 atom stereocenters. The first-order valence-electron chi connectivity index (χ1n) is 8.24. The SMILES string of the molecule is O=C(c1cccc(I)c1)N1CCN(S(=O)(=O)/C=C/c2ccccc2)CC1. The molecule has 2 aromatic carbocycles. The van der Waals surface area contributed by atoms with Crippen LogP contribution in [0.2, 0.25) is 0 Å². The number of nitrogens with zero attached hydrogens (tertiary/aromatic N) is 2. The van der Waals surface area contributed by atoms with Crippen LogP contribution >= 0.6 is 22.6 Å². The lowest BCUT2D eigenvalue weighted by molar-refractivity contribution is 0.0698. The van der Waals surface area contributed by atoms with E-state index in [9.17, 15) is 13.2 Å². The molecule has 0 saturated carbocycles. The molecule has 1 heterocycles. The van der Waals surface area contributed by atoms with Crippen LogP contribution in [0.25, 0.3) is 6.08 Å². The van der Waals surface area contributed by atoms with E-state index in [1.54, 1.807) is 17.0 Å². The highest BCUT2D eigenvalue weighted by atomic mass is 127. The summed E-state index contributed by atoms with van der Waals surface area (Å²) in [5, 5.41) is 1.24. The highest BCUT2D eigenvalue weighted by Gasteiger charge is 2.27. The number of piperazine rings is 1. The zero-order valence-electron chi connectivity index (χ0n) is 14.1. The van der Waals surface area contributed by atoms with Gasteiger partial charge in [0.25, 0.3) is 5.91 Å². The minimum Gasteiger partial charge on any atom is -0.336 e. The van der Waals surface area contributed by atoms with Gasteiger partial charge in [0.1, 0.15) is 0 Å². The number of halogens is 1. The van der Waals surface area contributed by atoms with Crippen LogP contribution < -0.4 is 0 Å². The van der Waals surface area contributed by atoms with Gasteiger partial charge < -0.3 is 4.90 Å². The molecule has 1 saturated heterocycles. The van der Waals surface area contributed by atoms with Crippen LogP contribution in [0.15, 0.2) is 60.0 Å². The van der Waals surface area contributed by atoms with Gasteiger partial charge in [-0.1, -0.05) is 36.4 Å². The first-order chi connectivity index (χ1) is 12.5. The lowest BCUT2D eigenvalue weighted by atomic mass is 10.2. The molecule has 26 heavy (non-hydrogen) atoms. The molecular weight excluding hydrogens is 463 g/mol. The van der Waals surface area contributed by atoms with Crippen molar-refractivity contribution in [1.82, 2.24) is 9.21 Å². The third-order valence-corrected chi connectivity index (χ3v) is 6.43. The maximum absolute atomic E-state index is 12.6. The van der Waals surface area contributed by atoms with Crippen molar-refractivity contribution in [2.24, 2.45) is 0 Å². The van der Waals surface area contributed by atoms with Crippen LogP contribution in [0.5, 0.6) is 0 Å². The van der Waals surface area contributed by atoms with E-state index in [1.165, 1.54) is 9.71 Å². The lowest BCUT2D eigenvalue weighted by Gasteiger charge is -2.33. The summed E-state index contributed by atoms with van der Waals surface area (Å²) < 4.78 is 27.4. The standard InChI is InChI=1S/C19H19IN2O3S/c20-18-8-4-7-17(15-18)19(23)21-10-12-22(13-11-21)26(24,25)14-9-16-5-2-1-3-6-16/h1-9,14-15H,10-13H2/b14-9+. The number of hydrogen-bond acceptors (Lipinski definition) is 3. The Morgan fingerprint density at radius 3 is 2.31 bits per heavy atom. The molecule has 3 rings (SSSR count). The van der Waals surface area contributed by atoms with Crippen LogP contribution in [0.4, 0.5) is 0 Å². The summed E-state index contributed by atoms with van der Waals surface area (Å²) in [6.07, 6.45) is 1.60. The summed E-state index contributed by atoms with van der Waals surface area (Å²) in [6.45, 7) is 1.39. The molecule has 5 nitrogen and oxygen atoms in total. The van der Waals surface area contributed by atoms with Gasteiger partial charge in [0, 0.05) is 40.7 Å². The Bertz CT molecular complexity index is 905. The molecular formula is C19H19IN2O3S. The van der Waals surface area contributed by atoms with Crippen LogP contribution in [-0.2, 0) is 10.0 Å². The van der Waals surface area contributed by atoms with Crippen molar-refractivity contribution in [1.29, 1.82) is 0 Å². The molecule has 0 radical (unpaired) electrons. The zero-order valence-corrected chi connectivity index (χ0v) is 17.1. The molecule has 0 bridgehead atoms. The first kappa shape index (κ1) is 19.1. The number of rotatable bonds is 4. The van der Waals surface area contributed by atoms with Gasteiger partial charge in [-0.05, 0) is 52.4 Å². The van der Waals surface area contributed by atoms with E-state index >= 15 is 0 Å². The number of benzene rings is 2. The molecule has 0 spiro atoms. The van der Waals surface area contributed by atoms with E-state index in [0.29, 0.717) is 31.7 Å². The largest absolute Gasteiger partial charge is 0.336 e. The molecule has 0 N–H and O–H groups in total. The quantitative estimate of drug-likeness (QED) is 0.630. The second-order valence-electron chi connectivity index (χ2n) is 5.96. The van der Waals surface area contributed by atoms with Crippen molar-refractivity contribution in [3.63, 3.8) is 0 Å². The van der Waals surface area contributed by atoms with Crippen molar-refractivity contribution >= 4 is 44.6 Å². The van der Waals surface area contributed by atoms with Crippen LogP contribution in [-0.4, -0.2) is 49.7 Å². The Labute approximate surface area is 167 Å². The van der Waals surface area contributed by atoms with Crippen molar-refractivity contribution in [2.75, 3.05) is 26.2 Å². The highest BCUT2D eigenvalue weighted by molar-refractivity contribution is 14.1. The average Bonchev–Trinajstić information content (AvgIpc) is 2.67. The Hall–Kier alpha value is -1.71. The summed E-state index contributed by atoms with van der Waals surface area (Å²) >= 11 is 2.17. The van der Waals surface area contributed by atoms with Gasteiger partial charge in [-0.25, -0.2) is 8.42 Å². The number of carbonyl (C=O) groups is 1. The first-order valence-corrected chi connectivity index (χ1v) is 10.8. The second kappa shape index (κ2) is 8.32. The van der Waals surface area contributed by atoms with Crippen molar-refractivity contribution in [2.45, 2.75) is 0 Å². The van der Waals surface area contributed by atoms with E-state index in [0.717, 1.165) is 9.13 Å². The fraction of sp³-hybridized carbons (Fsp3) is 0.211. The smallest absolute Gasteiger partial charge is 0.253 e. The fourth-order valence-corrected chi connectivity index (χ4v) is 4.48. The van der Waals surface area contributed by atoms with Gasteiger partial charge in [-0.15, -0.1) is 0 Å². The Morgan fingerprint density at radius 1 is 0.962 bits per heavy atom. The Morgan fingerprint density at radius 2 is 1.65 bits per heavy atom. The van der Waals surface area contributed by atoms with E-state index in [-0.39, 0.29) is 5.91 Å². The number of amides is 1. The second-order valence-corrected chi connectivity index (χ2v) is 9.02. The molecule has 2 aromatic rings. The van der Waals surface area contributed by atoms with Crippen molar-refractivity contribution in [3.8, 4) is 0 Å². The molecule has 7 heteroatoms. The number of hydrogen-bond donors (Lipinski definition) is 0. The topological polar surface area (TPSA) is 57.7 Å². The third kappa shape index (κ3) is 4.72. The monoisotopic (exact) mass is 482 g/mol. The molecule has 0 unspecified atom stereocenters. The summed E-state index contributed by atoms with van der Waals surface area (Å²) in [5.74, 6) is -0.0552. The molecule has 1 aliphatic heterocycles. The molecule has 1 fully saturated rings. The molecule has 0 aromatic heterocycles. The number of carbonyl (C=O) groups excluding carboxylic acids is 1. The van der Waals surface area contributed by atoms with Crippen LogP contribution in [0.3, 0.4) is 0 Å². The van der Waals surface area contributed by atoms with Crippen molar-refractivity contribution < 1.29 is 13.2 Å². The maximum Gasteiger partial charge on any atom is 0.253 e. The summed E-state index contributed by atoms with van der Waals surface area (Å²) in [7, 11) is -3.49. The van der Waals surface area contributed by atoms with Gasteiger partial charge >= 0.3 is 0 Å². The van der Waals surface area contributed by atoms with Gasteiger partial charge in [0.15, 0.2) is 0 Å². The predicted octanol–water partition coefficient (Wildman–Crippen LogP) is 3.05. The van der Waals surface area contributed by atoms with Gasteiger partial charge in [-0.3, -0.25) is 4.79 Å². The van der Waals surface area contributed by atoms with Crippen LogP contribution in [0.1, 0.15) is 15.9 Å². The van der Waals surface area contributed by atoms with Gasteiger partial charge in [0.2, 0.25) is 10.0 Å². The van der Waals surface area contributed by atoms with E-state index in [2.05, 4.69) is 22.6 Å². The number of sulfonamides is 1. The summed E-state index contributed by atoms with van der Waals surface area (Å²) in [4.78, 5) is 14.3. The molecule has 1 amide bonds. The van der Waals surface area contributed by atoms with Crippen molar-refractivity contribution in [3.05, 3.63) is 74.7 Å².